The van der Waals surface area contributed by atoms with Crippen molar-refractivity contribution in [2.24, 2.45) is 5.41 Å². The van der Waals surface area contributed by atoms with Crippen molar-refractivity contribution in [2.45, 2.75) is 87.5 Å². The number of piperidine rings is 1. The normalized spacial score (nSPS) is 19.7. The molecular formula is C57H65FN8O10S. The molecule has 1 amide bonds. The zero-order valence-corrected chi connectivity index (χ0v) is 44.4. The highest BCUT2D eigenvalue weighted by Gasteiger charge is 2.50. The molecule has 3 saturated heterocycles. The number of aromatic nitrogens is 2. The van der Waals surface area contributed by atoms with Crippen molar-refractivity contribution in [1.29, 1.82) is 0 Å². The van der Waals surface area contributed by atoms with Gasteiger partial charge in [-0.15, -0.1) is 0 Å². The number of carbonyl (C=O) groups is 1. The van der Waals surface area contributed by atoms with E-state index >= 15 is 4.39 Å². The number of sulfonamides is 1. The number of fused-ring (bicyclic) bond motifs is 2. The number of hydrogen-bond acceptors (Lipinski definition) is 15. The molecule has 11 rings (SSSR count). The summed E-state index contributed by atoms with van der Waals surface area (Å²) in [7, 11) is -3.20. The summed E-state index contributed by atoms with van der Waals surface area (Å²) in [5.74, 6) is -0.0129. The van der Waals surface area contributed by atoms with Crippen LogP contribution in [-0.4, -0.2) is 124 Å². The number of nitrogens with one attached hydrogen (secondary N) is 3. The molecule has 18 nitrogen and oxygen atoms in total. The topological polar surface area (TPSA) is 203 Å². The SMILES string of the molecule is COc1ccc(CN2CCN(C3CC4(CCN(c5ccc(C(=O)NS(=O)(=O)c6cc([N+](=O)[O-])c(NCC7(F)CCOCC7)c7c6OCCO7)c(Oc6cnc7[nH]ccc7c6)c5)CC4)C3)[C@H](c3ccccc3C(C)C)C2)cc1. The van der Waals surface area contributed by atoms with E-state index in [1.807, 2.05) is 18.2 Å². The van der Waals surface area contributed by atoms with Crippen molar-refractivity contribution in [3.8, 4) is 28.7 Å². The third kappa shape index (κ3) is 10.8. The van der Waals surface area contributed by atoms with E-state index in [0.29, 0.717) is 23.4 Å². The Morgan fingerprint density at radius 2 is 1.68 bits per heavy atom. The molecule has 406 valence electrons. The molecule has 5 aliphatic rings. The lowest BCUT2D eigenvalue weighted by Gasteiger charge is -2.58. The second kappa shape index (κ2) is 21.4. The summed E-state index contributed by atoms with van der Waals surface area (Å²) in [4.78, 5) is 40.6. The Hall–Kier alpha value is -7.00. The number of benzene rings is 4. The lowest BCUT2D eigenvalue weighted by atomic mass is 9.59. The zero-order chi connectivity index (χ0) is 53.5. The molecule has 20 heteroatoms. The molecular weight excluding hydrogens is 1010 g/mol. The average molecular weight is 1070 g/mol. The predicted octanol–water partition coefficient (Wildman–Crippen LogP) is 9.52. The van der Waals surface area contributed by atoms with E-state index in [1.165, 1.54) is 29.0 Å². The molecule has 4 aliphatic heterocycles. The molecule has 4 fully saturated rings. The molecule has 3 N–H and O–H groups in total. The maximum Gasteiger partial charge on any atom is 0.297 e. The summed E-state index contributed by atoms with van der Waals surface area (Å²) in [5.41, 5.74) is 2.96. The molecule has 1 spiro atoms. The first-order valence-electron chi connectivity index (χ1n) is 26.6. The van der Waals surface area contributed by atoms with Crippen LogP contribution in [0.3, 0.4) is 0 Å². The van der Waals surface area contributed by atoms with Crippen LogP contribution in [0.25, 0.3) is 11.0 Å². The highest BCUT2D eigenvalue weighted by atomic mass is 32.2. The van der Waals surface area contributed by atoms with Gasteiger partial charge in [-0.2, -0.15) is 0 Å². The number of H-pyrrole nitrogens is 1. The predicted molar refractivity (Wildman–Crippen MR) is 289 cm³/mol. The maximum atomic E-state index is 15.7. The number of nitro groups is 1. The minimum Gasteiger partial charge on any atom is -0.497 e. The second-order valence-electron chi connectivity index (χ2n) is 21.5. The molecule has 0 radical (unpaired) electrons. The van der Waals surface area contributed by atoms with Crippen LogP contribution >= 0.6 is 0 Å². The van der Waals surface area contributed by atoms with Gasteiger partial charge in [-0.3, -0.25) is 24.7 Å². The number of alkyl halides is 1. The first-order chi connectivity index (χ1) is 37.2. The Morgan fingerprint density at radius 1 is 0.922 bits per heavy atom. The fraction of sp³-hybridized carbons (Fsp3) is 0.439. The van der Waals surface area contributed by atoms with Gasteiger partial charge in [-0.05, 0) is 90.1 Å². The standard InChI is InChI=1S/C57H65FN8O10S/c1-37(2)44-6-4-5-7-45(44)48-35-63(34-38-8-11-42(72-3)12-9-38)22-23-65(48)41-31-56(32-41)15-20-64(21-16-56)40-10-13-46(49(29-40)76-43-28-39-14-19-59-54(39)60-33-43)55(67)62-77(70,71)50-30-47(66(68)69)51(53-52(50)74-26-27-75-53)61-36-57(58)17-24-73-25-18-57/h4-14,19,28-30,33,37,41,48,61H,15-18,20-27,31-32,34-36H2,1-3H3,(H,59,60)(H,62,67)/t48-/m0/s1. The Balaban J connectivity index is 0.813. The van der Waals surface area contributed by atoms with Crippen LogP contribution in [0.15, 0.2) is 102 Å². The number of ether oxygens (including phenoxy) is 5. The van der Waals surface area contributed by atoms with Gasteiger partial charge in [0.25, 0.3) is 21.6 Å². The van der Waals surface area contributed by atoms with Gasteiger partial charge in [0.15, 0.2) is 17.2 Å². The third-order valence-corrected chi connectivity index (χ3v) is 17.6. The van der Waals surface area contributed by atoms with Gasteiger partial charge in [-0.25, -0.2) is 22.5 Å². The summed E-state index contributed by atoms with van der Waals surface area (Å²) in [6, 6.07) is 27.5. The summed E-state index contributed by atoms with van der Waals surface area (Å²) in [6.45, 7) is 9.83. The van der Waals surface area contributed by atoms with Crippen molar-refractivity contribution >= 4 is 44.0 Å². The molecule has 4 aromatic carbocycles. The monoisotopic (exact) mass is 1070 g/mol. The lowest BCUT2D eigenvalue weighted by molar-refractivity contribution is -0.384. The quantitative estimate of drug-likeness (QED) is 0.0610. The molecule has 1 atom stereocenters. The van der Waals surface area contributed by atoms with Crippen LogP contribution in [0.1, 0.15) is 91.4 Å². The Morgan fingerprint density at radius 3 is 2.42 bits per heavy atom. The number of methoxy groups -OCH3 is 1. The smallest absolute Gasteiger partial charge is 0.297 e. The molecule has 0 bridgehead atoms. The van der Waals surface area contributed by atoms with Crippen molar-refractivity contribution in [2.75, 3.05) is 83.0 Å². The van der Waals surface area contributed by atoms with E-state index in [4.69, 9.17) is 23.7 Å². The van der Waals surface area contributed by atoms with E-state index in [1.54, 1.807) is 31.5 Å². The minimum atomic E-state index is -4.90. The van der Waals surface area contributed by atoms with Crippen molar-refractivity contribution < 1.29 is 46.2 Å². The first kappa shape index (κ1) is 52.1. The number of aromatic amines is 1. The molecule has 6 aromatic rings. The molecule has 6 heterocycles. The average Bonchev–Trinajstić information content (AvgIpc) is 3.91. The molecule has 1 saturated carbocycles. The van der Waals surface area contributed by atoms with E-state index in [0.717, 1.165) is 87.8 Å². The number of anilines is 2. The van der Waals surface area contributed by atoms with Crippen LogP contribution in [0.2, 0.25) is 0 Å². The molecule has 2 aromatic heterocycles. The lowest BCUT2D eigenvalue weighted by Crippen LogP contribution is -2.60. The van der Waals surface area contributed by atoms with E-state index in [2.05, 4.69) is 85.0 Å². The number of nitrogens with zero attached hydrogens (tertiary/aromatic N) is 5. The van der Waals surface area contributed by atoms with Crippen LogP contribution in [0.4, 0.5) is 21.5 Å². The number of carbonyl (C=O) groups excluding carboxylic acids is 1. The number of nitro benzene ring substituents is 1. The van der Waals surface area contributed by atoms with Gasteiger partial charge in [0.2, 0.25) is 0 Å². The number of hydrogen-bond donors (Lipinski definition) is 3. The van der Waals surface area contributed by atoms with E-state index in [9.17, 15) is 23.3 Å². The summed E-state index contributed by atoms with van der Waals surface area (Å²) < 4.78 is 75.2. The number of piperazine rings is 1. The third-order valence-electron chi connectivity index (χ3n) is 16.3. The number of rotatable bonds is 16. The fourth-order valence-corrected chi connectivity index (χ4v) is 13.1. The van der Waals surface area contributed by atoms with Crippen LogP contribution in [0.5, 0.6) is 28.7 Å². The Labute approximate surface area is 447 Å². The Bertz CT molecular complexity index is 3260. The van der Waals surface area contributed by atoms with Crippen LogP contribution < -0.4 is 33.9 Å². The summed E-state index contributed by atoms with van der Waals surface area (Å²) in [6.07, 6.45) is 7.60. The van der Waals surface area contributed by atoms with Crippen LogP contribution in [-0.2, 0) is 21.3 Å². The first-order valence-corrected chi connectivity index (χ1v) is 28.0. The molecule has 1 aliphatic carbocycles. The van der Waals surface area contributed by atoms with Crippen LogP contribution in [0, 0.1) is 15.5 Å². The maximum absolute atomic E-state index is 15.7. The molecule has 77 heavy (non-hydrogen) atoms. The van der Waals surface area contributed by atoms with Gasteiger partial charge in [0, 0.05) is 113 Å². The Kier molecular flexibility index (Phi) is 14.5. The highest BCUT2D eigenvalue weighted by Crippen LogP contribution is 2.54. The molecule has 0 unspecified atom stereocenters. The van der Waals surface area contributed by atoms with Gasteiger partial charge in [0.1, 0.15) is 46.7 Å². The zero-order valence-electron chi connectivity index (χ0n) is 43.6. The van der Waals surface area contributed by atoms with Crippen molar-refractivity contribution in [1.82, 2.24) is 24.5 Å². The van der Waals surface area contributed by atoms with E-state index in [-0.39, 0.29) is 85.8 Å². The number of amides is 1. The van der Waals surface area contributed by atoms with Gasteiger partial charge in [-0.1, -0.05) is 50.2 Å². The number of halogens is 1. The fourth-order valence-electron chi connectivity index (χ4n) is 12.0. The van der Waals surface area contributed by atoms with E-state index < -0.39 is 37.1 Å². The van der Waals surface area contributed by atoms with Crippen molar-refractivity contribution in [3.63, 3.8) is 0 Å². The van der Waals surface area contributed by atoms with Gasteiger partial charge < -0.3 is 38.9 Å². The van der Waals surface area contributed by atoms with Gasteiger partial charge >= 0.3 is 0 Å². The minimum absolute atomic E-state index is 0.0581. The highest BCUT2D eigenvalue weighted by molar-refractivity contribution is 7.90. The van der Waals surface area contributed by atoms with Crippen molar-refractivity contribution in [3.05, 3.63) is 130 Å². The largest absolute Gasteiger partial charge is 0.497 e. The summed E-state index contributed by atoms with van der Waals surface area (Å²) >= 11 is 0. The number of pyridine rings is 1. The van der Waals surface area contributed by atoms with Gasteiger partial charge in [0.05, 0.1) is 23.8 Å². The second-order valence-corrected chi connectivity index (χ2v) is 23.1. The summed E-state index contributed by atoms with van der Waals surface area (Å²) in [5, 5.41) is 16.1.